The molecule has 0 radical (unpaired) electrons. The molecule has 1 unspecified atom stereocenters. The molecule has 0 saturated heterocycles. The number of carboxylic acids is 1. The van der Waals surface area contributed by atoms with E-state index in [0.717, 1.165) is 11.1 Å². The molecule has 0 aromatic heterocycles. The van der Waals surface area contributed by atoms with Gasteiger partial charge in [0.2, 0.25) is 6.10 Å². The summed E-state index contributed by atoms with van der Waals surface area (Å²) >= 11 is 0. The van der Waals surface area contributed by atoms with Gasteiger partial charge in [0.25, 0.3) is 0 Å². The number of esters is 1. The van der Waals surface area contributed by atoms with E-state index >= 15 is 0 Å². The molecule has 3 atom stereocenters. The van der Waals surface area contributed by atoms with E-state index in [4.69, 9.17) is 9.47 Å². The Bertz CT molecular complexity index is 878. The lowest BCUT2D eigenvalue weighted by Gasteiger charge is -2.31. The van der Waals surface area contributed by atoms with Crippen molar-refractivity contribution in [3.05, 3.63) is 35.4 Å². The first-order valence-electron chi connectivity index (χ1n) is 11.5. The van der Waals surface area contributed by atoms with Crippen LogP contribution < -0.4 is 0 Å². The van der Waals surface area contributed by atoms with Crippen molar-refractivity contribution >= 4 is 18.0 Å². The quantitative estimate of drug-likeness (QED) is 0.586. The van der Waals surface area contributed by atoms with Crippen molar-refractivity contribution in [1.29, 1.82) is 0 Å². The van der Waals surface area contributed by atoms with Gasteiger partial charge in [-0.3, -0.25) is 4.90 Å². The van der Waals surface area contributed by atoms with Gasteiger partial charge >= 0.3 is 18.0 Å². The predicted molar refractivity (Wildman–Crippen MR) is 126 cm³/mol. The van der Waals surface area contributed by atoms with Gasteiger partial charge < -0.3 is 14.6 Å². The summed E-state index contributed by atoms with van der Waals surface area (Å²) in [6, 6.07) is 7.65. The molecule has 1 fully saturated rings. The summed E-state index contributed by atoms with van der Waals surface area (Å²) in [6.07, 6.45) is -1.53. The number of carboxylic acid groups (broad SMARTS) is 1. The zero-order valence-corrected chi connectivity index (χ0v) is 21.4. The lowest BCUT2D eigenvalue weighted by atomic mass is 9.86. The van der Waals surface area contributed by atoms with Crippen LogP contribution in [0, 0.1) is 11.8 Å². The smallest absolute Gasteiger partial charge is 0.410 e. The first-order valence-corrected chi connectivity index (χ1v) is 11.5. The Morgan fingerprint density at radius 2 is 1.64 bits per heavy atom. The molecular formula is C26H39NO6. The largest absolute Gasteiger partial charge is 0.478 e. The maximum absolute atomic E-state index is 13.3. The fourth-order valence-electron chi connectivity index (χ4n) is 4.08. The second-order valence-electron chi connectivity index (χ2n) is 11.4. The van der Waals surface area contributed by atoms with Crippen molar-refractivity contribution in [2.45, 2.75) is 90.9 Å². The second kappa shape index (κ2) is 9.35. The summed E-state index contributed by atoms with van der Waals surface area (Å²) in [5.74, 6) is -1.95. The Kier molecular flexibility index (Phi) is 7.56. The Hall–Kier alpha value is -2.57. The number of carbonyl (C=O) groups excluding carboxylic acids is 2. The number of benzene rings is 1. The third-order valence-electron chi connectivity index (χ3n) is 6.17. The molecule has 1 aliphatic rings. The zero-order chi connectivity index (χ0) is 25.4. The highest BCUT2D eigenvalue weighted by Gasteiger charge is 2.67. The summed E-state index contributed by atoms with van der Waals surface area (Å²) in [5, 5.41) is 9.75. The number of ether oxygens (including phenoxy) is 2. The van der Waals surface area contributed by atoms with E-state index in [0.29, 0.717) is 6.42 Å². The van der Waals surface area contributed by atoms with Crippen molar-refractivity contribution in [2.24, 2.45) is 11.8 Å². The molecule has 7 nitrogen and oxygen atoms in total. The second-order valence-corrected chi connectivity index (χ2v) is 11.4. The van der Waals surface area contributed by atoms with Gasteiger partial charge in [-0.05, 0) is 55.6 Å². The fraction of sp³-hybridized carbons (Fsp3) is 0.654. The van der Waals surface area contributed by atoms with Crippen molar-refractivity contribution in [3.63, 3.8) is 0 Å². The Balaban J connectivity index is 2.22. The summed E-state index contributed by atoms with van der Waals surface area (Å²) in [6.45, 7) is 15.5. The van der Waals surface area contributed by atoms with Gasteiger partial charge in [-0.2, -0.15) is 0 Å². The molecule has 7 heteroatoms. The first-order chi connectivity index (χ1) is 15.0. The van der Waals surface area contributed by atoms with Crippen molar-refractivity contribution in [3.8, 4) is 0 Å². The highest BCUT2D eigenvalue weighted by molar-refractivity contribution is 5.91. The minimum Gasteiger partial charge on any atom is -0.478 e. The molecule has 1 saturated carbocycles. The van der Waals surface area contributed by atoms with E-state index in [1.54, 1.807) is 20.8 Å². The van der Waals surface area contributed by atoms with Gasteiger partial charge in [0.05, 0.1) is 0 Å². The molecule has 0 spiro atoms. The highest BCUT2D eigenvalue weighted by Crippen LogP contribution is 2.53. The van der Waals surface area contributed by atoms with Crippen LogP contribution in [0.15, 0.2) is 24.3 Å². The molecule has 0 aliphatic heterocycles. The molecule has 184 valence electrons. The van der Waals surface area contributed by atoms with E-state index in [1.807, 2.05) is 38.1 Å². The van der Waals surface area contributed by atoms with E-state index in [9.17, 15) is 19.5 Å². The number of nitrogens with zero attached hydrogens (tertiary/aromatic N) is 1. The van der Waals surface area contributed by atoms with Crippen LogP contribution in [0.4, 0.5) is 4.79 Å². The van der Waals surface area contributed by atoms with E-state index < -0.39 is 35.3 Å². The van der Waals surface area contributed by atoms with Crippen LogP contribution in [0.25, 0.3) is 0 Å². The number of likely N-dealkylation sites (N-methyl/N-ethyl adjacent to an activating group) is 1. The molecule has 1 aromatic carbocycles. The molecule has 1 aromatic rings. The molecular weight excluding hydrogens is 422 g/mol. The lowest BCUT2D eigenvalue weighted by molar-refractivity contribution is -0.169. The maximum Gasteiger partial charge on any atom is 0.410 e. The molecule has 2 rings (SSSR count). The summed E-state index contributed by atoms with van der Waals surface area (Å²) < 4.78 is 11.0. The van der Waals surface area contributed by atoms with Crippen molar-refractivity contribution in [1.82, 2.24) is 4.90 Å². The van der Waals surface area contributed by atoms with Crippen LogP contribution in [-0.4, -0.2) is 52.3 Å². The van der Waals surface area contributed by atoms with Gasteiger partial charge in [-0.1, -0.05) is 58.9 Å². The van der Waals surface area contributed by atoms with Gasteiger partial charge in [-0.15, -0.1) is 0 Å². The van der Waals surface area contributed by atoms with Crippen molar-refractivity contribution < 1.29 is 29.0 Å². The standard InChI is InChI=1S/C26H39NO6/c1-16(2)19-15-26(19,27(9)23(31)33-25(6,7)8)22(30)32-20(21(28)29)14-17-10-12-18(13-11-17)24(3,4)5/h10-13,16,19-20H,14-15H2,1-9H3,(H,28,29)/t19-,20+,26?/m0/s1. The third-order valence-corrected chi connectivity index (χ3v) is 6.17. The minimum absolute atomic E-state index is 0.0202. The average molecular weight is 462 g/mol. The number of carbonyl (C=O) groups is 3. The third kappa shape index (κ3) is 6.27. The number of hydrogen-bond acceptors (Lipinski definition) is 5. The molecule has 0 bridgehead atoms. The Morgan fingerprint density at radius 3 is 2.03 bits per heavy atom. The molecule has 1 N–H and O–H groups in total. The molecule has 33 heavy (non-hydrogen) atoms. The number of rotatable bonds is 7. The van der Waals surface area contributed by atoms with E-state index in [-0.39, 0.29) is 23.7 Å². The molecule has 1 aliphatic carbocycles. The Labute approximate surface area is 197 Å². The topological polar surface area (TPSA) is 93.1 Å². The summed E-state index contributed by atoms with van der Waals surface area (Å²) in [7, 11) is 1.51. The van der Waals surface area contributed by atoms with Gasteiger partial charge in [0.1, 0.15) is 11.1 Å². The van der Waals surface area contributed by atoms with Crippen LogP contribution in [0.3, 0.4) is 0 Å². The van der Waals surface area contributed by atoms with Crippen LogP contribution >= 0.6 is 0 Å². The Morgan fingerprint density at radius 1 is 1.09 bits per heavy atom. The van der Waals surface area contributed by atoms with Crippen LogP contribution in [-0.2, 0) is 30.9 Å². The molecule has 1 amide bonds. The summed E-state index contributed by atoms with van der Waals surface area (Å²) in [4.78, 5) is 39.2. The van der Waals surface area contributed by atoms with E-state index in [2.05, 4.69) is 20.8 Å². The average Bonchev–Trinajstić information content (AvgIpc) is 3.42. The normalized spacial score (nSPS) is 21.3. The summed E-state index contributed by atoms with van der Waals surface area (Å²) in [5.41, 5.74) is -0.0742. The van der Waals surface area contributed by atoms with Gasteiger partial charge in [0, 0.05) is 13.5 Å². The van der Waals surface area contributed by atoms with Crippen LogP contribution in [0.2, 0.25) is 0 Å². The minimum atomic E-state index is -1.35. The fourth-order valence-corrected chi connectivity index (χ4v) is 4.08. The van der Waals surface area contributed by atoms with Gasteiger partial charge in [0.15, 0.2) is 0 Å². The number of hydrogen-bond donors (Lipinski definition) is 1. The maximum atomic E-state index is 13.3. The zero-order valence-electron chi connectivity index (χ0n) is 21.4. The number of amides is 1. The van der Waals surface area contributed by atoms with Crippen LogP contribution in [0.1, 0.15) is 72.9 Å². The van der Waals surface area contributed by atoms with Gasteiger partial charge in [-0.25, -0.2) is 14.4 Å². The molecule has 0 heterocycles. The van der Waals surface area contributed by atoms with Crippen LogP contribution in [0.5, 0.6) is 0 Å². The van der Waals surface area contributed by atoms with E-state index in [1.165, 1.54) is 11.9 Å². The first kappa shape index (κ1) is 26.7. The monoisotopic (exact) mass is 461 g/mol. The highest BCUT2D eigenvalue weighted by atomic mass is 16.6. The lowest BCUT2D eigenvalue weighted by Crippen LogP contribution is -2.50. The predicted octanol–water partition coefficient (Wildman–Crippen LogP) is 4.80. The van der Waals surface area contributed by atoms with Crippen molar-refractivity contribution in [2.75, 3.05) is 7.05 Å². The number of aliphatic carboxylic acids is 1. The SMILES string of the molecule is CC(C)[C@@H]1CC1(C(=O)O[C@H](Cc1ccc(C(C)(C)C)cc1)C(=O)O)N(C)C(=O)OC(C)(C)C.